The predicted molar refractivity (Wildman–Crippen MR) is 76.4 cm³/mol. The van der Waals surface area contributed by atoms with Crippen molar-refractivity contribution in [2.45, 2.75) is 37.7 Å². The molecule has 1 aromatic carbocycles. The van der Waals surface area contributed by atoms with E-state index in [1.807, 2.05) is 0 Å². The maximum Gasteiger partial charge on any atom is 0.241 e. The van der Waals surface area contributed by atoms with Gasteiger partial charge in [-0.1, -0.05) is 0 Å². The average molecular weight is 299 g/mol. The lowest BCUT2D eigenvalue weighted by molar-refractivity contribution is 0.155. The Morgan fingerprint density at radius 2 is 1.90 bits per heavy atom. The number of rotatable bonds is 6. The molecule has 1 saturated carbocycles. The van der Waals surface area contributed by atoms with Crippen LogP contribution in [-0.2, 0) is 10.0 Å². The van der Waals surface area contributed by atoms with Crippen molar-refractivity contribution in [2.24, 2.45) is 5.92 Å². The highest BCUT2D eigenvalue weighted by Crippen LogP contribution is 2.32. The first-order chi connectivity index (χ1) is 9.35. The van der Waals surface area contributed by atoms with Crippen LogP contribution in [0.3, 0.4) is 0 Å². The van der Waals surface area contributed by atoms with Gasteiger partial charge in [0.05, 0.1) is 18.1 Å². The number of nitrogens with one attached hydrogen (secondary N) is 1. The van der Waals surface area contributed by atoms with Crippen molar-refractivity contribution in [3.8, 4) is 5.75 Å². The Bertz CT molecular complexity index is 570. The molecule has 20 heavy (non-hydrogen) atoms. The van der Waals surface area contributed by atoms with Gasteiger partial charge in [0.15, 0.2) is 0 Å². The molecule has 0 aromatic heterocycles. The zero-order valence-electron chi connectivity index (χ0n) is 12.0. The number of hydrogen-bond donors (Lipinski definition) is 2. The summed E-state index contributed by atoms with van der Waals surface area (Å²) in [6.07, 6.45) is 1.36. The molecule has 1 unspecified atom stereocenters. The fourth-order valence-corrected chi connectivity index (χ4v) is 3.87. The Morgan fingerprint density at radius 1 is 1.35 bits per heavy atom. The third-order valence-corrected chi connectivity index (χ3v) is 5.32. The molecule has 0 aliphatic heterocycles. The summed E-state index contributed by atoms with van der Waals surface area (Å²) in [6, 6.07) is 3.39. The lowest BCUT2D eigenvalue weighted by atomic mass is 10.1. The van der Waals surface area contributed by atoms with E-state index in [1.54, 1.807) is 33.1 Å². The van der Waals surface area contributed by atoms with Crippen LogP contribution in [0.2, 0.25) is 0 Å². The van der Waals surface area contributed by atoms with Gasteiger partial charge in [-0.05, 0) is 55.9 Å². The van der Waals surface area contributed by atoms with Gasteiger partial charge in [-0.25, -0.2) is 13.1 Å². The minimum Gasteiger partial charge on any atom is -0.497 e. The first-order valence-corrected chi connectivity index (χ1v) is 8.16. The number of aliphatic hydroxyl groups excluding tert-OH is 1. The number of methoxy groups -OCH3 is 1. The van der Waals surface area contributed by atoms with E-state index >= 15 is 0 Å². The van der Waals surface area contributed by atoms with E-state index in [0.717, 1.165) is 12.8 Å². The summed E-state index contributed by atoms with van der Waals surface area (Å²) in [7, 11) is -2.06. The van der Waals surface area contributed by atoms with Gasteiger partial charge in [-0.3, -0.25) is 0 Å². The Labute approximate surface area is 120 Å². The molecular weight excluding hydrogens is 278 g/mol. The second kappa shape index (κ2) is 5.71. The largest absolute Gasteiger partial charge is 0.497 e. The molecule has 0 spiro atoms. The summed E-state index contributed by atoms with van der Waals surface area (Å²) in [4.78, 5) is 0.265. The highest BCUT2D eigenvalue weighted by molar-refractivity contribution is 7.89. The van der Waals surface area contributed by atoms with Gasteiger partial charge in [-0.2, -0.15) is 0 Å². The summed E-state index contributed by atoms with van der Waals surface area (Å²) in [5, 5.41) is 9.77. The first kappa shape index (κ1) is 15.3. The van der Waals surface area contributed by atoms with Crippen LogP contribution in [0.5, 0.6) is 5.75 Å². The molecule has 0 amide bonds. The predicted octanol–water partition coefficient (Wildman–Crippen LogP) is 1.36. The summed E-state index contributed by atoms with van der Waals surface area (Å²) in [5.41, 5.74) is 1.27. The Hall–Kier alpha value is -1.11. The van der Waals surface area contributed by atoms with Gasteiger partial charge in [0, 0.05) is 6.54 Å². The minimum atomic E-state index is -3.61. The second-order valence-electron chi connectivity index (χ2n) is 5.35. The lowest BCUT2D eigenvalue weighted by Crippen LogP contribution is -2.33. The van der Waals surface area contributed by atoms with E-state index < -0.39 is 16.1 Å². The quantitative estimate of drug-likeness (QED) is 0.831. The zero-order chi connectivity index (χ0) is 14.9. The van der Waals surface area contributed by atoms with E-state index in [-0.39, 0.29) is 17.4 Å². The summed E-state index contributed by atoms with van der Waals surface area (Å²) in [5.74, 6) is 0.882. The van der Waals surface area contributed by atoms with Crippen LogP contribution in [0.1, 0.15) is 24.0 Å². The molecule has 0 bridgehead atoms. The van der Waals surface area contributed by atoms with Gasteiger partial charge in [0.1, 0.15) is 5.75 Å². The van der Waals surface area contributed by atoms with E-state index in [9.17, 15) is 13.5 Å². The fraction of sp³-hybridized carbons (Fsp3) is 0.571. The van der Waals surface area contributed by atoms with Crippen molar-refractivity contribution in [3.63, 3.8) is 0 Å². The van der Waals surface area contributed by atoms with Gasteiger partial charge < -0.3 is 9.84 Å². The minimum absolute atomic E-state index is 0.0674. The van der Waals surface area contributed by atoms with Gasteiger partial charge in [-0.15, -0.1) is 0 Å². The van der Waals surface area contributed by atoms with E-state index in [4.69, 9.17) is 4.74 Å². The smallest absolute Gasteiger partial charge is 0.241 e. The monoisotopic (exact) mass is 299 g/mol. The molecule has 1 atom stereocenters. The number of benzene rings is 1. The van der Waals surface area contributed by atoms with Crippen LogP contribution in [-0.4, -0.2) is 33.3 Å². The van der Waals surface area contributed by atoms with Crippen LogP contribution < -0.4 is 9.46 Å². The SMILES string of the molecule is COc1cc(C)c(S(=O)(=O)NCC(O)C2CC2)c(C)c1. The third kappa shape index (κ3) is 3.31. The molecule has 1 aliphatic carbocycles. The van der Waals surface area contributed by atoms with Crippen molar-refractivity contribution in [3.05, 3.63) is 23.3 Å². The fourth-order valence-electron chi connectivity index (χ4n) is 2.37. The molecule has 2 N–H and O–H groups in total. The molecule has 112 valence electrons. The molecule has 0 radical (unpaired) electrons. The summed E-state index contributed by atoms with van der Waals surface area (Å²) >= 11 is 0. The third-order valence-electron chi connectivity index (χ3n) is 3.59. The van der Waals surface area contributed by atoms with E-state index in [0.29, 0.717) is 16.9 Å². The standard InChI is InChI=1S/C14H21NO4S/c1-9-6-12(19-3)7-10(2)14(9)20(17,18)15-8-13(16)11-4-5-11/h6-7,11,13,15-16H,4-5,8H2,1-3H3. The Balaban J connectivity index is 2.20. The lowest BCUT2D eigenvalue weighted by Gasteiger charge is -2.15. The maximum absolute atomic E-state index is 12.4. The number of aryl methyl sites for hydroxylation is 2. The normalized spacial score (nSPS) is 17.0. The Morgan fingerprint density at radius 3 is 2.35 bits per heavy atom. The topological polar surface area (TPSA) is 75.6 Å². The zero-order valence-corrected chi connectivity index (χ0v) is 12.8. The number of sulfonamides is 1. The molecule has 2 rings (SSSR count). The average Bonchev–Trinajstić information content (AvgIpc) is 3.18. The second-order valence-corrected chi connectivity index (χ2v) is 7.05. The van der Waals surface area contributed by atoms with Crippen molar-refractivity contribution >= 4 is 10.0 Å². The molecule has 1 aliphatic rings. The van der Waals surface area contributed by atoms with E-state index in [1.165, 1.54) is 0 Å². The molecule has 5 nitrogen and oxygen atoms in total. The molecule has 1 fully saturated rings. The summed E-state index contributed by atoms with van der Waals surface area (Å²) < 4.78 is 32.3. The molecule has 6 heteroatoms. The van der Waals surface area contributed by atoms with Crippen molar-refractivity contribution in [2.75, 3.05) is 13.7 Å². The van der Waals surface area contributed by atoms with Crippen molar-refractivity contribution < 1.29 is 18.3 Å². The molecular formula is C14H21NO4S. The number of aliphatic hydroxyl groups is 1. The van der Waals surface area contributed by atoms with Crippen LogP contribution in [0, 0.1) is 19.8 Å². The molecule has 1 aromatic rings. The van der Waals surface area contributed by atoms with Crippen LogP contribution >= 0.6 is 0 Å². The number of ether oxygens (including phenoxy) is 1. The van der Waals surface area contributed by atoms with Crippen LogP contribution in [0.4, 0.5) is 0 Å². The van der Waals surface area contributed by atoms with E-state index in [2.05, 4.69) is 4.72 Å². The first-order valence-electron chi connectivity index (χ1n) is 6.68. The van der Waals surface area contributed by atoms with Crippen LogP contribution in [0.25, 0.3) is 0 Å². The highest BCUT2D eigenvalue weighted by atomic mass is 32.2. The Kier molecular flexibility index (Phi) is 4.36. The number of hydrogen-bond acceptors (Lipinski definition) is 4. The van der Waals surface area contributed by atoms with Crippen molar-refractivity contribution in [1.29, 1.82) is 0 Å². The van der Waals surface area contributed by atoms with Crippen molar-refractivity contribution in [1.82, 2.24) is 4.72 Å². The van der Waals surface area contributed by atoms with Gasteiger partial charge in [0.25, 0.3) is 0 Å². The maximum atomic E-state index is 12.4. The summed E-state index contributed by atoms with van der Waals surface area (Å²) in [6.45, 7) is 3.54. The van der Waals surface area contributed by atoms with Gasteiger partial charge >= 0.3 is 0 Å². The van der Waals surface area contributed by atoms with Gasteiger partial charge in [0.2, 0.25) is 10.0 Å². The highest BCUT2D eigenvalue weighted by Gasteiger charge is 2.31. The molecule has 0 heterocycles. The molecule has 0 saturated heterocycles. The van der Waals surface area contributed by atoms with Crippen LogP contribution in [0.15, 0.2) is 17.0 Å².